The van der Waals surface area contributed by atoms with Crippen LogP contribution in [-0.4, -0.2) is 48.6 Å². The van der Waals surface area contributed by atoms with Gasteiger partial charge in [0.25, 0.3) is 0 Å². The van der Waals surface area contributed by atoms with E-state index in [1.165, 1.54) is 50.3 Å². The number of benzene rings is 1. The van der Waals surface area contributed by atoms with E-state index in [9.17, 15) is 4.79 Å². The molecule has 1 aromatic rings. The van der Waals surface area contributed by atoms with Crippen molar-refractivity contribution in [1.29, 1.82) is 0 Å². The van der Waals surface area contributed by atoms with Gasteiger partial charge in [0.05, 0.1) is 7.11 Å². The molecule has 2 saturated heterocycles. The number of rotatable bonds is 6. The van der Waals surface area contributed by atoms with Crippen molar-refractivity contribution in [1.82, 2.24) is 4.90 Å². The molecule has 2 heterocycles. The van der Waals surface area contributed by atoms with E-state index in [-0.39, 0.29) is 5.91 Å². The highest BCUT2D eigenvalue weighted by Crippen LogP contribution is 2.28. The zero-order valence-corrected chi connectivity index (χ0v) is 16.0. The Morgan fingerprint density at radius 1 is 1.24 bits per heavy atom. The summed E-state index contributed by atoms with van der Waals surface area (Å²) in [6, 6.07) is 8.36. The number of carbonyl (C=O) groups is 1. The number of thioether (sulfide) groups is 1. The smallest absolute Gasteiger partial charge is 0.224 e. The van der Waals surface area contributed by atoms with Gasteiger partial charge >= 0.3 is 0 Å². The second-order valence-electron chi connectivity index (χ2n) is 7.14. The molecule has 0 radical (unpaired) electrons. The fourth-order valence-corrected chi connectivity index (χ4v) is 5.00. The van der Waals surface area contributed by atoms with Gasteiger partial charge in [-0.2, -0.15) is 11.8 Å². The Morgan fingerprint density at radius 2 is 2.00 bits per heavy atom. The van der Waals surface area contributed by atoms with Crippen LogP contribution in [0, 0.1) is 5.92 Å². The number of nitrogens with zero attached hydrogens (tertiary/aromatic N) is 1. The van der Waals surface area contributed by atoms with E-state index in [1.807, 2.05) is 24.3 Å². The van der Waals surface area contributed by atoms with E-state index in [0.717, 1.165) is 23.9 Å². The number of amides is 1. The second kappa shape index (κ2) is 9.48. The predicted octanol–water partition coefficient (Wildman–Crippen LogP) is 4.02. The fourth-order valence-electron chi connectivity index (χ4n) is 3.92. The number of hydrogen-bond donors (Lipinski definition) is 1. The first-order valence-corrected chi connectivity index (χ1v) is 10.7. The molecule has 0 atom stereocenters. The number of piperidine rings is 1. The van der Waals surface area contributed by atoms with Crippen LogP contribution in [-0.2, 0) is 4.79 Å². The molecule has 1 amide bonds. The Hall–Kier alpha value is -1.20. The lowest BCUT2D eigenvalue weighted by molar-refractivity contribution is -0.116. The summed E-state index contributed by atoms with van der Waals surface area (Å²) in [6.07, 6.45) is 6.83. The van der Waals surface area contributed by atoms with Crippen LogP contribution < -0.4 is 10.1 Å². The molecule has 0 bridgehead atoms. The third kappa shape index (κ3) is 5.65. The SMILES string of the molecule is COc1cccc(NC(=O)CCC2CCN(C3CCSCC3)CC2)c1. The molecule has 1 aromatic carbocycles. The molecule has 4 nitrogen and oxygen atoms in total. The fraction of sp³-hybridized carbons (Fsp3) is 0.650. The maximum absolute atomic E-state index is 12.2. The number of likely N-dealkylation sites (tertiary alicyclic amines) is 1. The average molecular weight is 363 g/mol. The van der Waals surface area contributed by atoms with Crippen LogP contribution in [0.25, 0.3) is 0 Å². The lowest BCUT2D eigenvalue weighted by Gasteiger charge is -2.39. The van der Waals surface area contributed by atoms with Gasteiger partial charge in [0.2, 0.25) is 5.91 Å². The minimum Gasteiger partial charge on any atom is -0.497 e. The number of hydrogen-bond acceptors (Lipinski definition) is 4. The van der Waals surface area contributed by atoms with Crippen molar-refractivity contribution >= 4 is 23.4 Å². The Labute approximate surface area is 155 Å². The highest BCUT2D eigenvalue weighted by atomic mass is 32.2. The largest absolute Gasteiger partial charge is 0.497 e. The summed E-state index contributed by atoms with van der Waals surface area (Å²) in [5.41, 5.74) is 0.814. The van der Waals surface area contributed by atoms with Crippen molar-refractivity contribution in [2.24, 2.45) is 5.92 Å². The first kappa shape index (κ1) is 18.6. The third-order valence-corrected chi connectivity index (χ3v) is 6.54. The minimum absolute atomic E-state index is 0.111. The van der Waals surface area contributed by atoms with Crippen molar-refractivity contribution in [3.8, 4) is 5.75 Å². The molecular weight excluding hydrogens is 332 g/mol. The Kier molecular flexibility index (Phi) is 7.05. The maximum Gasteiger partial charge on any atom is 0.224 e. The molecule has 25 heavy (non-hydrogen) atoms. The summed E-state index contributed by atoms with van der Waals surface area (Å²) >= 11 is 2.10. The van der Waals surface area contributed by atoms with Crippen LogP contribution in [0.15, 0.2) is 24.3 Å². The number of methoxy groups -OCH3 is 1. The molecule has 0 unspecified atom stereocenters. The quantitative estimate of drug-likeness (QED) is 0.830. The summed E-state index contributed by atoms with van der Waals surface area (Å²) in [5, 5.41) is 2.99. The first-order chi connectivity index (χ1) is 12.2. The number of nitrogens with one attached hydrogen (secondary N) is 1. The van der Waals surface area contributed by atoms with Crippen LogP contribution in [0.4, 0.5) is 5.69 Å². The van der Waals surface area contributed by atoms with Crippen molar-refractivity contribution in [2.45, 2.75) is 44.6 Å². The molecule has 5 heteroatoms. The van der Waals surface area contributed by atoms with Crippen molar-refractivity contribution in [3.05, 3.63) is 24.3 Å². The van der Waals surface area contributed by atoms with Gasteiger partial charge in [-0.15, -0.1) is 0 Å². The van der Waals surface area contributed by atoms with Crippen molar-refractivity contribution in [2.75, 3.05) is 37.0 Å². The Balaban J connectivity index is 1.36. The van der Waals surface area contributed by atoms with E-state index in [0.29, 0.717) is 12.3 Å². The van der Waals surface area contributed by atoms with E-state index in [1.54, 1.807) is 7.11 Å². The van der Waals surface area contributed by atoms with Crippen LogP contribution in [0.1, 0.15) is 38.5 Å². The van der Waals surface area contributed by atoms with E-state index < -0.39 is 0 Å². The van der Waals surface area contributed by atoms with E-state index in [4.69, 9.17) is 4.74 Å². The molecule has 2 aliphatic heterocycles. The number of ether oxygens (including phenoxy) is 1. The molecule has 138 valence electrons. The monoisotopic (exact) mass is 362 g/mol. The molecule has 0 aliphatic carbocycles. The van der Waals surface area contributed by atoms with Gasteiger partial charge in [0.1, 0.15) is 5.75 Å². The number of carbonyl (C=O) groups excluding carboxylic acids is 1. The van der Waals surface area contributed by atoms with Crippen molar-refractivity contribution < 1.29 is 9.53 Å². The molecule has 0 spiro atoms. The van der Waals surface area contributed by atoms with Gasteiger partial charge in [-0.1, -0.05) is 6.07 Å². The van der Waals surface area contributed by atoms with Gasteiger partial charge < -0.3 is 15.0 Å². The molecule has 0 aromatic heterocycles. The Morgan fingerprint density at radius 3 is 2.72 bits per heavy atom. The average Bonchev–Trinajstić information content (AvgIpc) is 2.67. The standard InChI is InChI=1S/C20H30N2O2S/c1-24-19-4-2-3-17(15-19)21-20(23)6-5-16-7-11-22(12-8-16)18-9-13-25-14-10-18/h2-4,15-16,18H,5-14H2,1H3,(H,21,23). The zero-order valence-electron chi connectivity index (χ0n) is 15.2. The lowest BCUT2D eigenvalue weighted by Crippen LogP contribution is -2.43. The molecule has 3 rings (SSSR count). The normalized spacial score (nSPS) is 20.4. The van der Waals surface area contributed by atoms with E-state index >= 15 is 0 Å². The molecule has 0 saturated carbocycles. The van der Waals surface area contributed by atoms with Crippen LogP contribution in [0.3, 0.4) is 0 Å². The molecule has 2 aliphatic rings. The summed E-state index contributed by atoms with van der Waals surface area (Å²) in [7, 11) is 1.64. The highest BCUT2D eigenvalue weighted by Gasteiger charge is 2.26. The summed E-state index contributed by atoms with van der Waals surface area (Å²) < 4.78 is 5.19. The molecule has 2 fully saturated rings. The van der Waals surface area contributed by atoms with Crippen LogP contribution in [0.5, 0.6) is 5.75 Å². The van der Waals surface area contributed by atoms with Crippen LogP contribution >= 0.6 is 11.8 Å². The van der Waals surface area contributed by atoms with Gasteiger partial charge in [-0.3, -0.25) is 4.79 Å². The number of anilines is 1. The molecule has 1 N–H and O–H groups in total. The van der Waals surface area contributed by atoms with Gasteiger partial charge in [0, 0.05) is 24.2 Å². The third-order valence-electron chi connectivity index (χ3n) is 5.49. The molecular formula is C20H30N2O2S. The van der Waals surface area contributed by atoms with E-state index in [2.05, 4.69) is 22.0 Å². The Bertz CT molecular complexity index is 552. The van der Waals surface area contributed by atoms with Gasteiger partial charge in [0.15, 0.2) is 0 Å². The summed E-state index contributed by atoms with van der Waals surface area (Å²) in [4.78, 5) is 14.9. The maximum atomic E-state index is 12.2. The summed E-state index contributed by atoms with van der Waals surface area (Å²) in [5.74, 6) is 4.24. The van der Waals surface area contributed by atoms with Crippen molar-refractivity contribution in [3.63, 3.8) is 0 Å². The minimum atomic E-state index is 0.111. The van der Waals surface area contributed by atoms with Gasteiger partial charge in [-0.05, 0) is 74.7 Å². The first-order valence-electron chi connectivity index (χ1n) is 9.50. The van der Waals surface area contributed by atoms with Gasteiger partial charge in [-0.25, -0.2) is 0 Å². The zero-order chi connectivity index (χ0) is 17.5. The lowest BCUT2D eigenvalue weighted by atomic mass is 9.90. The van der Waals surface area contributed by atoms with Crippen LogP contribution in [0.2, 0.25) is 0 Å². The second-order valence-corrected chi connectivity index (χ2v) is 8.37. The topological polar surface area (TPSA) is 41.6 Å². The highest BCUT2D eigenvalue weighted by molar-refractivity contribution is 7.99. The summed E-state index contributed by atoms with van der Waals surface area (Å²) in [6.45, 7) is 2.44. The predicted molar refractivity (Wildman–Crippen MR) is 106 cm³/mol.